The van der Waals surface area contributed by atoms with E-state index in [-0.39, 0.29) is 11.9 Å². The van der Waals surface area contributed by atoms with E-state index in [1.807, 2.05) is 55.5 Å². The molecular weight excluding hydrogens is 382 g/mol. The first-order chi connectivity index (χ1) is 14.6. The van der Waals surface area contributed by atoms with Crippen molar-refractivity contribution in [3.05, 3.63) is 59.7 Å². The number of hydrogen-bond donors (Lipinski definition) is 2. The van der Waals surface area contributed by atoms with Crippen LogP contribution in [0.1, 0.15) is 43.0 Å². The average Bonchev–Trinajstić information content (AvgIpc) is 3.23. The molecule has 30 heavy (non-hydrogen) atoms. The van der Waals surface area contributed by atoms with Gasteiger partial charge in [-0.3, -0.25) is 15.0 Å². The maximum absolute atomic E-state index is 13.2. The fraction of sp³-hybridized carbons (Fsp3) is 0.391. The number of hydrogen-bond acceptors (Lipinski definition) is 5. The number of amides is 3. The highest BCUT2D eigenvalue weighted by Gasteiger charge is 2.38. The van der Waals surface area contributed by atoms with E-state index in [1.165, 1.54) is 0 Å². The molecule has 7 heteroatoms. The largest absolute Gasteiger partial charge is 0.497 e. The van der Waals surface area contributed by atoms with E-state index in [2.05, 4.69) is 15.5 Å². The molecule has 1 heterocycles. The molecule has 7 nitrogen and oxygen atoms in total. The zero-order chi connectivity index (χ0) is 21.5. The van der Waals surface area contributed by atoms with E-state index >= 15 is 0 Å². The normalized spacial score (nSPS) is 17.2. The summed E-state index contributed by atoms with van der Waals surface area (Å²) in [5.41, 5.74) is 1.81. The summed E-state index contributed by atoms with van der Waals surface area (Å²) >= 11 is 0. The van der Waals surface area contributed by atoms with Crippen LogP contribution in [0.4, 0.5) is 4.79 Å². The quantitative estimate of drug-likeness (QED) is 0.730. The number of imide groups is 1. The fourth-order valence-corrected chi connectivity index (χ4v) is 4.05. The van der Waals surface area contributed by atoms with Gasteiger partial charge in [0, 0.05) is 18.2 Å². The second-order valence-electron chi connectivity index (χ2n) is 7.17. The summed E-state index contributed by atoms with van der Waals surface area (Å²) in [6.07, 6.45) is 1.81. The Balaban J connectivity index is 1.98. The van der Waals surface area contributed by atoms with Gasteiger partial charge in [-0.2, -0.15) is 0 Å². The monoisotopic (exact) mass is 411 g/mol. The summed E-state index contributed by atoms with van der Waals surface area (Å²) in [7, 11) is 3.27. The molecule has 0 bridgehead atoms. The van der Waals surface area contributed by atoms with Crippen molar-refractivity contribution in [2.24, 2.45) is 0 Å². The van der Waals surface area contributed by atoms with Gasteiger partial charge in [0.25, 0.3) is 0 Å². The highest BCUT2D eigenvalue weighted by atomic mass is 16.5. The second-order valence-corrected chi connectivity index (χ2v) is 7.17. The number of carbonyl (C=O) groups excluding carboxylic acids is 2. The fourth-order valence-electron chi connectivity index (χ4n) is 4.05. The van der Waals surface area contributed by atoms with Crippen LogP contribution in [0.2, 0.25) is 0 Å². The summed E-state index contributed by atoms with van der Waals surface area (Å²) in [5, 5.41) is 5.12. The molecule has 2 aromatic carbocycles. The SMILES string of the molecule is CCNC(=O)NC(=O)[C@@H](c1ccccc1)N1CCC[C@@H]1c1cc(OC)ccc1OC. The lowest BCUT2D eigenvalue weighted by atomic mass is 9.98. The van der Waals surface area contributed by atoms with Gasteiger partial charge in [0.1, 0.15) is 17.5 Å². The third-order valence-electron chi connectivity index (χ3n) is 5.36. The van der Waals surface area contributed by atoms with Crippen LogP contribution in [0.15, 0.2) is 48.5 Å². The Morgan fingerprint density at radius 2 is 1.90 bits per heavy atom. The molecule has 0 aliphatic carbocycles. The zero-order valence-electron chi connectivity index (χ0n) is 17.7. The molecule has 0 spiro atoms. The minimum Gasteiger partial charge on any atom is -0.497 e. The van der Waals surface area contributed by atoms with E-state index in [9.17, 15) is 9.59 Å². The molecule has 1 saturated heterocycles. The van der Waals surface area contributed by atoms with Gasteiger partial charge in [0.05, 0.1) is 14.2 Å². The Labute approximate surface area is 177 Å². The summed E-state index contributed by atoms with van der Waals surface area (Å²) in [5.74, 6) is 1.14. The lowest BCUT2D eigenvalue weighted by Crippen LogP contribution is -2.46. The van der Waals surface area contributed by atoms with Crippen molar-refractivity contribution in [2.75, 3.05) is 27.3 Å². The van der Waals surface area contributed by atoms with Crippen LogP contribution in [0.3, 0.4) is 0 Å². The van der Waals surface area contributed by atoms with Gasteiger partial charge in [-0.05, 0) is 50.1 Å². The number of urea groups is 1. The van der Waals surface area contributed by atoms with Crippen LogP contribution in [-0.4, -0.2) is 44.1 Å². The summed E-state index contributed by atoms with van der Waals surface area (Å²) in [6.45, 7) is 2.99. The van der Waals surface area contributed by atoms with E-state index in [1.54, 1.807) is 14.2 Å². The molecular formula is C23H29N3O4. The van der Waals surface area contributed by atoms with Gasteiger partial charge >= 0.3 is 6.03 Å². The molecule has 1 aliphatic rings. The minimum atomic E-state index is -0.600. The molecule has 0 saturated carbocycles. The number of benzene rings is 2. The molecule has 0 aromatic heterocycles. The Morgan fingerprint density at radius 3 is 2.57 bits per heavy atom. The van der Waals surface area contributed by atoms with Gasteiger partial charge in [0.2, 0.25) is 5.91 Å². The van der Waals surface area contributed by atoms with Crippen LogP contribution in [0.25, 0.3) is 0 Å². The topological polar surface area (TPSA) is 79.9 Å². The van der Waals surface area contributed by atoms with E-state index in [0.717, 1.165) is 42.0 Å². The first-order valence-corrected chi connectivity index (χ1v) is 10.2. The minimum absolute atomic E-state index is 0.0414. The van der Waals surface area contributed by atoms with Crippen molar-refractivity contribution in [1.29, 1.82) is 0 Å². The summed E-state index contributed by atoms with van der Waals surface area (Å²) < 4.78 is 11.0. The average molecular weight is 412 g/mol. The Kier molecular flexibility index (Phi) is 7.30. The van der Waals surface area contributed by atoms with Crippen molar-refractivity contribution >= 4 is 11.9 Å². The standard InChI is InChI=1S/C23H29N3O4/c1-4-24-23(28)25-22(27)21(16-9-6-5-7-10-16)26-14-8-11-19(26)18-15-17(29-2)12-13-20(18)30-3/h5-7,9-10,12-13,15,19,21H,4,8,11,14H2,1-3H3,(H2,24,25,27,28)/t19-,21-/m1/s1. The molecule has 0 radical (unpaired) electrons. The number of carbonyl (C=O) groups is 2. The lowest BCUT2D eigenvalue weighted by Gasteiger charge is -2.33. The van der Waals surface area contributed by atoms with Crippen LogP contribution < -0.4 is 20.1 Å². The molecule has 2 atom stereocenters. The highest BCUT2D eigenvalue weighted by Crippen LogP contribution is 2.43. The third-order valence-corrected chi connectivity index (χ3v) is 5.36. The van der Waals surface area contributed by atoms with E-state index in [0.29, 0.717) is 6.54 Å². The molecule has 1 aliphatic heterocycles. The number of likely N-dealkylation sites (tertiary alicyclic amines) is 1. The first-order valence-electron chi connectivity index (χ1n) is 10.2. The molecule has 160 valence electrons. The van der Waals surface area contributed by atoms with Crippen LogP contribution in [0.5, 0.6) is 11.5 Å². The van der Waals surface area contributed by atoms with E-state index in [4.69, 9.17) is 9.47 Å². The van der Waals surface area contributed by atoms with Crippen molar-refractivity contribution in [3.8, 4) is 11.5 Å². The third kappa shape index (κ3) is 4.74. The number of methoxy groups -OCH3 is 2. The number of ether oxygens (including phenoxy) is 2. The zero-order valence-corrected chi connectivity index (χ0v) is 17.7. The van der Waals surface area contributed by atoms with Gasteiger partial charge in [-0.25, -0.2) is 4.79 Å². The molecule has 2 N–H and O–H groups in total. The smallest absolute Gasteiger partial charge is 0.321 e. The number of nitrogens with zero attached hydrogens (tertiary/aromatic N) is 1. The predicted octanol–water partition coefficient (Wildman–Crippen LogP) is 3.43. The molecule has 3 rings (SSSR count). The predicted molar refractivity (Wildman–Crippen MR) is 115 cm³/mol. The van der Waals surface area contributed by atoms with Crippen molar-refractivity contribution in [3.63, 3.8) is 0 Å². The van der Waals surface area contributed by atoms with Crippen LogP contribution in [0, 0.1) is 0 Å². The Bertz CT molecular complexity index is 872. The van der Waals surface area contributed by atoms with E-state index < -0.39 is 12.1 Å². The maximum Gasteiger partial charge on any atom is 0.321 e. The maximum atomic E-state index is 13.2. The van der Waals surface area contributed by atoms with Crippen molar-refractivity contribution < 1.29 is 19.1 Å². The van der Waals surface area contributed by atoms with Gasteiger partial charge in [-0.1, -0.05) is 30.3 Å². The number of rotatable bonds is 7. The van der Waals surface area contributed by atoms with Crippen LogP contribution in [-0.2, 0) is 4.79 Å². The summed E-state index contributed by atoms with van der Waals surface area (Å²) in [6, 6.07) is 14.1. The highest BCUT2D eigenvalue weighted by molar-refractivity contribution is 5.97. The van der Waals surface area contributed by atoms with Gasteiger partial charge in [0.15, 0.2) is 0 Å². The van der Waals surface area contributed by atoms with Gasteiger partial charge in [-0.15, -0.1) is 0 Å². The first kappa shape index (κ1) is 21.6. The second kappa shape index (κ2) is 10.1. The molecule has 1 fully saturated rings. The molecule has 2 aromatic rings. The molecule has 0 unspecified atom stereocenters. The Hall–Kier alpha value is -3.06. The van der Waals surface area contributed by atoms with Crippen molar-refractivity contribution in [2.45, 2.75) is 31.8 Å². The molecule has 3 amide bonds. The lowest BCUT2D eigenvalue weighted by molar-refractivity contribution is -0.126. The van der Waals surface area contributed by atoms with Crippen molar-refractivity contribution in [1.82, 2.24) is 15.5 Å². The summed E-state index contributed by atoms with van der Waals surface area (Å²) in [4.78, 5) is 27.4. The van der Waals surface area contributed by atoms with Crippen LogP contribution >= 0.6 is 0 Å². The Morgan fingerprint density at radius 1 is 1.13 bits per heavy atom. The van der Waals surface area contributed by atoms with Gasteiger partial charge < -0.3 is 14.8 Å². The number of nitrogens with one attached hydrogen (secondary N) is 2.